The van der Waals surface area contributed by atoms with Gasteiger partial charge in [-0.25, -0.2) is 13.2 Å². The third-order valence-electron chi connectivity index (χ3n) is 1.78. The molecule has 0 radical (unpaired) electrons. The van der Waals surface area contributed by atoms with Crippen LogP contribution in [0, 0.1) is 5.92 Å². The Morgan fingerprint density at radius 2 is 1.67 bits per heavy atom. The van der Waals surface area contributed by atoms with E-state index in [2.05, 4.69) is 0 Å². The SMILES string of the molecule is CC(C(=O)O)C(F)(F)C(F)CC(F)(F)F. The molecular weight excluding hydrogens is 230 g/mol. The van der Waals surface area contributed by atoms with Gasteiger partial charge in [0.2, 0.25) is 0 Å². The van der Waals surface area contributed by atoms with Gasteiger partial charge in [-0.05, 0) is 6.92 Å². The van der Waals surface area contributed by atoms with Gasteiger partial charge in [-0.1, -0.05) is 0 Å². The molecule has 0 bridgehead atoms. The monoisotopic (exact) mass is 238 g/mol. The van der Waals surface area contributed by atoms with Crippen molar-refractivity contribution in [2.45, 2.75) is 31.6 Å². The van der Waals surface area contributed by atoms with Crippen LogP contribution in [0.4, 0.5) is 26.3 Å². The van der Waals surface area contributed by atoms with Gasteiger partial charge in [0.15, 0.2) is 6.17 Å². The van der Waals surface area contributed by atoms with Crippen molar-refractivity contribution < 1.29 is 36.2 Å². The van der Waals surface area contributed by atoms with E-state index in [4.69, 9.17) is 5.11 Å². The summed E-state index contributed by atoms with van der Waals surface area (Å²) in [6.07, 6.45) is -11.0. The first-order valence-corrected chi connectivity index (χ1v) is 3.80. The number of carboxylic acid groups (broad SMARTS) is 1. The Labute approximate surface area is 80.9 Å². The fraction of sp³-hybridized carbons (Fsp3) is 0.857. The van der Waals surface area contributed by atoms with Crippen LogP contribution in [0.5, 0.6) is 0 Å². The minimum absolute atomic E-state index is 0.450. The summed E-state index contributed by atoms with van der Waals surface area (Å²) in [5.74, 6) is -9.10. The van der Waals surface area contributed by atoms with Crippen LogP contribution < -0.4 is 0 Å². The molecule has 1 N–H and O–H groups in total. The van der Waals surface area contributed by atoms with Crippen molar-refractivity contribution in [3.05, 3.63) is 0 Å². The zero-order valence-corrected chi connectivity index (χ0v) is 7.49. The van der Waals surface area contributed by atoms with Gasteiger partial charge < -0.3 is 5.11 Å². The lowest BCUT2D eigenvalue weighted by atomic mass is 9.97. The highest BCUT2D eigenvalue weighted by molar-refractivity contribution is 5.70. The van der Waals surface area contributed by atoms with E-state index in [0.717, 1.165) is 0 Å². The van der Waals surface area contributed by atoms with E-state index in [1.54, 1.807) is 0 Å². The van der Waals surface area contributed by atoms with Crippen molar-refractivity contribution in [3.8, 4) is 0 Å². The number of alkyl halides is 6. The average molecular weight is 238 g/mol. The maximum atomic E-state index is 12.7. The summed E-state index contributed by atoms with van der Waals surface area (Å²) < 4.78 is 72.8. The summed E-state index contributed by atoms with van der Waals surface area (Å²) >= 11 is 0. The van der Waals surface area contributed by atoms with Crippen LogP contribution in [0.15, 0.2) is 0 Å². The maximum absolute atomic E-state index is 12.7. The Balaban J connectivity index is 4.65. The van der Waals surface area contributed by atoms with Crippen LogP contribution in [-0.2, 0) is 4.79 Å². The van der Waals surface area contributed by atoms with Crippen molar-refractivity contribution in [2.75, 3.05) is 0 Å². The summed E-state index contributed by atoms with van der Waals surface area (Å²) in [5.41, 5.74) is 0. The summed E-state index contributed by atoms with van der Waals surface area (Å²) in [6, 6.07) is 0. The molecule has 0 aliphatic carbocycles. The van der Waals surface area contributed by atoms with Crippen LogP contribution in [-0.4, -0.2) is 29.3 Å². The Morgan fingerprint density at radius 1 is 1.27 bits per heavy atom. The molecule has 0 heterocycles. The van der Waals surface area contributed by atoms with Gasteiger partial charge in [0.1, 0.15) is 5.92 Å². The molecule has 0 rings (SSSR count). The molecule has 8 heteroatoms. The van der Waals surface area contributed by atoms with Crippen LogP contribution in [0.1, 0.15) is 13.3 Å². The van der Waals surface area contributed by atoms with Gasteiger partial charge in [0, 0.05) is 0 Å². The standard InChI is InChI=1S/C7H8F6O2/c1-3(5(14)15)7(12,13)4(8)2-6(9,10)11/h3-4H,2H2,1H3,(H,14,15). The Morgan fingerprint density at radius 3 is 1.93 bits per heavy atom. The second-order valence-electron chi connectivity index (χ2n) is 3.02. The normalized spacial score (nSPS) is 17.3. The molecule has 0 saturated carbocycles. The summed E-state index contributed by atoms with van der Waals surface area (Å²) in [5, 5.41) is 8.14. The number of carboxylic acids is 1. The first-order chi connectivity index (χ1) is 6.48. The molecule has 0 aliphatic heterocycles. The van der Waals surface area contributed by atoms with Gasteiger partial charge in [0.05, 0.1) is 6.42 Å². The number of halogens is 6. The molecule has 0 amide bonds. The molecule has 2 unspecified atom stereocenters. The van der Waals surface area contributed by atoms with Gasteiger partial charge in [-0.3, -0.25) is 4.79 Å². The maximum Gasteiger partial charge on any atom is 0.392 e. The highest BCUT2D eigenvalue weighted by Crippen LogP contribution is 2.36. The lowest BCUT2D eigenvalue weighted by molar-refractivity contribution is -0.196. The van der Waals surface area contributed by atoms with E-state index in [1.807, 2.05) is 0 Å². The molecule has 0 aromatic rings. The molecule has 0 aromatic heterocycles. The number of carbonyl (C=O) groups is 1. The zero-order valence-electron chi connectivity index (χ0n) is 7.49. The predicted octanol–water partition coefficient (Wildman–Crippen LogP) is 2.63. The Bertz CT molecular complexity index is 236. The van der Waals surface area contributed by atoms with E-state index >= 15 is 0 Å². The van der Waals surface area contributed by atoms with E-state index < -0.39 is 36.6 Å². The molecule has 2 nitrogen and oxygen atoms in total. The molecular formula is C7H8F6O2. The van der Waals surface area contributed by atoms with Crippen LogP contribution in [0.2, 0.25) is 0 Å². The first-order valence-electron chi connectivity index (χ1n) is 3.80. The third-order valence-corrected chi connectivity index (χ3v) is 1.78. The molecule has 0 aliphatic rings. The quantitative estimate of drug-likeness (QED) is 0.764. The highest BCUT2D eigenvalue weighted by Gasteiger charge is 2.52. The van der Waals surface area contributed by atoms with Crippen LogP contribution >= 0.6 is 0 Å². The largest absolute Gasteiger partial charge is 0.481 e. The van der Waals surface area contributed by atoms with E-state index in [1.165, 1.54) is 0 Å². The van der Waals surface area contributed by atoms with Gasteiger partial charge in [-0.15, -0.1) is 0 Å². The molecule has 0 spiro atoms. The minimum Gasteiger partial charge on any atom is -0.481 e. The summed E-state index contributed by atoms with van der Waals surface area (Å²) in [4.78, 5) is 10.1. The van der Waals surface area contributed by atoms with E-state index in [-0.39, 0.29) is 0 Å². The molecule has 0 aromatic carbocycles. The topological polar surface area (TPSA) is 37.3 Å². The van der Waals surface area contributed by atoms with E-state index in [9.17, 15) is 31.1 Å². The van der Waals surface area contributed by atoms with Crippen molar-refractivity contribution in [1.82, 2.24) is 0 Å². The highest BCUT2D eigenvalue weighted by atomic mass is 19.4. The first kappa shape index (κ1) is 14.0. The molecule has 0 fully saturated rings. The summed E-state index contributed by atoms with van der Waals surface area (Å²) in [7, 11) is 0. The Hall–Kier alpha value is -0.950. The lowest BCUT2D eigenvalue weighted by Gasteiger charge is -2.24. The smallest absolute Gasteiger partial charge is 0.392 e. The summed E-state index contributed by atoms with van der Waals surface area (Å²) in [6.45, 7) is 0.450. The van der Waals surface area contributed by atoms with Gasteiger partial charge in [-0.2, -0.15) is 13.2 Å². The molecule has 0 saturated heterocycles. The van der Waals surface area contributed by atoms with Crippen LogP contribution in [0.25, 0.3) is 0 Å². The third kappa shape index (κ3) is 3.96. The number of hydrogen-bond donors (Lipinski definition) is 1. The van der Waals surface area contributed by atoms with Crippen LogP contribution in [0.3, 0.4) is 0 Å². The van der Waals surface area contributed by atoms with Crippen molar-refractivity contribution in [2.24, 2.45) is 5.92 Å². The second kappa shape index (κ2) is 4.28. The van der Waals surface area contributed by atoms with Gasteiger partial charge in [0.25, 0.3) is 5.92 Å². The second-order valence-corrected chi connectivity index (χ2v) is 3.02. The number of rotatable bonds is 4. The van der Waals surface area contributed by atoms with Crippen molar-refractivity contribution >= 4 is 5.97 Å². The molecule has 90 valence electrons. The fourth-order valence-corrected chi connectivity index (χ4v) is 0.775. The molecule has 15 heavy (non-hydrogen) atoms. The Kier molecular flexibility index (Phi) is 4.01. The predicted molar refractivity (Wildman–Crippen MR) is 37.3 cm³/mol. The van der Waals surface area contributed by atoms with Crippen molar-refractivity contribution in [3.63, 3.8) is 0 Å². The van der Waals surface area contributed by atoms with Crippen molar-refractivity contribution in [1.29, 1.82) is 0 Å². The fourth-order valence-electron chi connectivity index (χ4n) is 0.775. The minimum atomic E-state index is -5.10. The number of hydrogen-bond acceptors (Lipinski definition) is 1. The molecule has 2 atom stereocenters. The average Bonchev–Trinajstić information content (AvgIpc) is 1.99. The zero-order chi connectivity index (χ0) is 12.4. The van der Waals surface area contributed by atoms with Gasteiger partial charge >= 0.3 is 12.1 Å². The number of aliphatic carboxylic acids is 1. The lowest BCUT2D eigenvalue weighted by Crippen LogP contribution is -2.42. The van der Waals surface area contributed by atoms with E-state index in [0.29, 0.717) is 6.92 Å².